The molecule has 0 saturated heterocycles. The molecule has 0 atom stereocenters. The molecule has 4 heteroatoms. The molecule has 0 N–H and O–H groups in total. The summed E-state index contributed by atoms with van der Waals surface area (Å²) in [6.45, 7) is 2.86. The van der Waals surface area contributed by atoms with E-state index in [9.17, 15) is 9.59 Å². The highest BCUT2D eigenvalue weighted by molar-refractivity contribution is 5.76. The summed E-state index contributed by atoms with van der Waals surface area (Å²) in [5, 5.41) is 0. The smallest absolute Gasteiger partial charge is 0.250 e. The summed E-state index contributed by atoms with van der Waals surface area (Å²) in [5.74, 6) is 0.0401. The number of nitrogens with zero attached hydrogens (tertiary/aromatic N) is 2. The average molecular weight is 220 g/mol. The van der Waals surface area contributed by atoms with Crippen molar-refractivity contribution in [3.8, 4) is 0 Å². The van der Waals surface area contributed by atoms with Crippen molar-refractivity contribution >= 4 is 5.91 Å². The molecule has 0 spiro atoms. The maximum atomic E-state index is 11.9. The number of carbonyl (C=O) groups excluding carboxylic acids is 1. The number of rotatable bonds is 4. The van der Waals surface area contributed by atoms with Crippen LogP contribution in [0.15, 0.2) is 29.2 Å². The molecule has 1 aromatic heterocycles. The highest BCUT2D eigenvalue weighted by Gasteiger charge is 2.31. The molecule has 0 bridgehead atoms. The molecule has 0 aromatic carbocycles. The van der Waals surface area contributed by atoms with Gasteiger partial charge in [-0.2, -0.15) is 0 Å². The second-order valence-corrected chi connectivity index (χ2v) is 4.08. The van der Waals surface area contributed by atoms with Gasteiger partial charge in [0.15, 0.2) is 0 Å². The Balaban J connectivity index is 2.06. The third-order valence-corrected chi connectivity index (χ3v) is 2.85. The molecule has 0 aliphatic heterocycles. The van der Waals surface area contributed by atoms with E-state index in [1.807, 2.05) is 11.8 Å². The Kier molecular flexibility index (Phi) is 3.08. The molecule has 16 heavy (non-hydrogen) atoms. The lowest BCUT2D eigenvalue weighted by Crippen LogP contribution is -2.37. The summed E-state index contributed by atoms with van der Waals surface area (Å²) in [7, 11) is 0. The quantitative estimate of drug-likeness (QED) is 0.755. The summed E-state index contributed by atoms with van der Waals surface area (Å²) in [6.07, 6.45) is 3.85. The second-order valence-electron chi connectivity index (χ2n) is 4.08. The standard InChI is InChI=1S/C12H16N2O2/c1-2-14(10-6-7-10)12(16)9-13-8-4-3-5-11(13)15/h3-5,8,10H,2,6-7,9H2,1H3. The van der Waals surface area contributed by atoms with Gasteiger partial charge in [0.2, 0.25) is 5.91 Å². The number of hydrogen-bond donors (Lipinski definition) is 0. The van der Waals surface area contributed by atoms with Crippen LogP contribution in [0.25, 0.3) is 0 Å². The van der Waals surface area contributed by atoms with Gasteiger partial charge in [0.1, 0.15) is 6.54 Å². The predicted octanol–water partition coefficient (Wildman–Crippen LogP) is 0.859. The molecule has 1 amide bonds. The third-order valence-electron chi connectivity index (χ3n) is 2.85. The molecule has 86 valence electrons. The Labute approximate surface area is 94.5 Å². The number of carbonyl (C=O) groups is 1. The van der Waals surface area contributed by atoms with Crippen LogP contribution in [-0.2, 0) is 11.3 Å². The second kappa shape index (κ2) is 4.51. The van der Waals surface area contributed by atoms with Crippen LogP contribution in [0.3, 0.4) is 0 Å². The molecule has 1 heterocycles. The minimum Gasteiger partial charge on any atom is -0.338 e. The predicted molar refractivity (Wildman–Crippen MR) is 61.1 cm³/mol. The van der Waals surface area contributed by atoms with Crippen LogP contribution < -0.4 is 5.56 Å². The van der Waals surface area contributed by atoms with Crippen LogP contribution >= 0.6 is 0 Å². The first-order valence-electron chi connectivity index (χ1n) is 5.67. The molecule has 1 saturated carbocycles. The van der Waals surface area contributed by atoms with Crippen LogP contribution in [-0.4, -0.2) is 28.0 Å². The monoisotopic (exact) mass is 220 g/mol. The first kappa shape index (κ1) is 10.9. The normalized spacial score (nSPS) is 14.8. The zero-order valence-electron chi connectivity index (χ0n) is 9.43. The van der Waals surface area contributed by atoms with E-state index < -0.39 is 0 Å². The fourth-order valence-corrected chi connectivity index (χ4v) is 1.85. The number of amides is 1. The van der Waals surface area contributed by atoms with Crippen LogP contribution in [0.1, 0.15) is 19.8 Å². The molecule has 0 radical (unpaired) electrons. The van der Waals surface area contributed by atoms with E-state index in [-0.39, 0.29) is 18.0 Å². The van der Waals surface area contributed by atoms with Crippen LogP contribution in [0.2, 0.25) is 0 Å². The zero-order valence-corrected chi connectivity index (χ0v) is 9.43. The minimum absolute atomic E-state index is 0.0401. The van der Waals surface area contributed by atoms with Gasteiger partial charge in [-0.05, 0) is 25.8 Å². The van der Waals surface area contributed by atoms with Crippen LogP contribution in [0.4, 0.5) is 0 Å². The Morgan fingerprint density at radius 2 is 2.25 bits per heavy atom. The van der Waals surface area contributed by atoms with Gasteiger partial charge >= 0.3 is 0 Å². The summed E-state index contributed by atoms with van der Waals surface area (Å²) >= 11 is 0. The number of aromatic nitrogens is 1. The fraction of sp³-hybridized carbons (Fsp3) is 0.500. The van der Waals surface area contributed by atoms with Gasteiger partial charge in [-0.1, -0.05) is 6.07 Å². The molecular formula is C12H16N2O2. The number of hydrogen-bond acceptors (Lipinski definition) is 2. The molecule has 1 fully saturated rings. The lowest BCUT2D eigenvalue weighted by Gasteiger charge is -2.20. The first-order valence-corrected chi connectivity index (χ1v) is 5.67. The van der Waals surface area contributed by atoms with E-state index >= 15 is 0 Å². The number of pyridine rings is 1. The topological polar surface area (TPSA) is 42.3 Å². The minimum atomic E-state index is -0.123. The summed E-state index contributed by atoms with van der Waals surface area (Å²) in [6, 6.07) is 5.34. The van der Waals surface area contributed by atoms with Crippen molar-refractivity contribution in [2.45, 2.75) is 32.4 Å². The van der Waals surface area contributed by atoms with Gasteiger partial charge in [0, 0.05) is 24.8 Å². The molecule has 0 unspecified atom stereocenters. The number of likely N-dealkylation sites (N-methyl/N-ethyl adjacent to an activating group) is 1. The Hall–Kier alpha value is -1.58. The van der Waals surface area contributed by atoms with E-state index in [1.54, 1.807) is 18.3 Å². The van der Waals surface area contributed by atoms with Gasteiger partial charge in [0.05, 0.1) is 0 Å². The average Bonchev–Trinajstić information content (AvgIpc) is 3.07. The zero-order chi connectivity index (χ0) is 11.5. The van der Waals surface area contributed by atoms with Crippen molar-refractivity contribution in [3.63, 3.8) is 0 Å². The molecule has 4 nitrogen and oxygen atoms in total. The maximum Gasteiger partial charge on any atom is 0.250 e. The van der Waals surface area contributed by atoms with Gasteiger partial charge < -0.3 is 9.47 Å². The molecule has 1 aliphatic carbocycles. The molecule has 2 rings (SSSR count). The Morgan fingerprint density at radius 3 is 2.81 bits per heavy atom. The third kappa shape index (κ3) is 2.32. The maximum absolute atomic E-state index is 11.9. The molecule has 1 aromatic rings. The first-order chi connectivity index (χ1) is 7.72. The van der Waals surface area contributed by atoms with E-state index in [1.165, 1.54) is 10.6 Å². The van der Waals surface area contributed by atoms with Gasteiger partial charge in [0.25, 0.3) is 5.56 Å². The molecule has 1 aliphatic rings. The Morgan fingerprint density at radius 1 is 1.50 bits per heavy atom. The van der Waals surface area contributed by atoms with Crippen LogP contribution in [0.5, 0.6) is 0 Å². The van der Waals surface area contributed by atoms with Crippen molar-refractivity contribution < 1.29 is 4.79 Å². The van der Waals surface area contributed by atoms with Crippen molar-refractivity contribution in [3.05, 3.63) is 34.7 Å². The van der Waals surface area contributed by atoms with E-state index in [0.29, 0.717) is 6.04 Å². The Bertz CT molecular complexity index is 435. The van der Waals surface area contributed by atoms with E-state index in [4.69, 9.17) is 0 Å². The lowest BCUT2D eigenvalue weighted by atomic mass is 10.4. The summed E-state index contributed by atoms with van der Waals surface area (Å²) < 4.78 is 1.45. The largest absolute Gasteiger partial charge is 0.338 e. The van der Waals surface area contributed by atoms with Crippen LogP contribution in [0, 0.1) is 0 Å². The van der Waals surface area contributed by atoms with Gasteiger partial charge in [-0.25, -0.2) is 0 Å². The van der Waals surface area contributed by atoms with Gasteiger partial charge in [-0.3, -0.25) is 9.59 Å². The fourth-order valence-electron chi connectivity index (χ4n) is 1.85. The summed E-state index contributed by atoms with van der Waals surface area (Å²) in [5.41, 5.74) is -0.123. The highest BCUT2D eigenvalue weighted by Crippen LogP contribution is 2.26. The molecular weight excluding hydrogens is 204 g/mol. The summed E-state index contributed by atoms with van der Waals surface area (Å²) in [4.78, 5) is 25.2. The lowest BCUT2D eigenvalue weighted by molar-refractivity contribution is -0.132. The van der Waals surface area contributed by atoms with E-state index in [0.717, 1.165) is 19.4 Å². The van der Waals surface area contributed by atoms with Crippen molar-refractivity contribution in [1.29, 1.82) is 0 Å². The van der Waals surface area contributed by atoms with Gasteiger partial charge in [-0.15, -0.1) is 0 Å². The highest BCUT2D eigenvalue weighted by atomic mass is 16.2. The van der Waals surface area contributed by atoms with Crippen molar-refractivity contribution in [2.24, 2.45) is 0 Å². The van der Waals surface area contributed by atoms with Crippen molar-refractivity contribution in [1.82, 2.24) is 9.47 Å². The van der Waals surface area contributed by atoms with Crippen molar-refractivity contribution in [2.75, 3.05) is 6.54 Å². The SMILES string of the molecule is CCN(C(=O)Cn1ccccc1=O)C1CC1. The van der Waals surface area contributed by atoms with E-state index in [2.05, 4.69) is 0 Å².